The smallest absolute Gasteiger partial charge is 0.321 e. The summed E-state index contributed by atoms with van der Waals surface area (Å²) in [5.74, 6) is 0. The SMILES string of the molecule is CCC(C)Sc1ccc(NC(=O)N(C)Cc2sccc2C)c(C)c1. The maximum absolute atomic E-state index is 12.4. The molecule has 24 heavy (non-hydrogen) atoms. The van der Waals surface area contributed by atoms with Crippen LogP contribution >= 0.6 is 23.1 Å². The maximum Gasteiger partial charge on any atom is 0.321 e. The number of hydrogen-bond donors (Lipinski definition) is 1. The molecule has 0 aliphatic rings. The van der Waals surface area contributed by atoms with Crippen molar-refractivity contribution in [1.82, 2.24) is 4.90 Å². The fraction of sp³-hybridized carbons (Fsp3) is 0.421. The number of amides is 2. The molecule has 0 aliphatic carbocycles. The summed E-state index contributed by atoms with van der Waals surface area (Å²) in [5.41, 5.74) is 3.21. The third-order valence-corrected chi connectivity index (χ3v) is 6.32. The number of hydrogen-bond acceptors (Lipinski definition) is 3. The Balaban J connectivity index is 1.99. The van der Waals surface area contributed by atoms with E-state index in [9.17, 15) is 4.79 Å². The average Bonchev–Trinajstić information content (AvgIpc) is 2.94. The fourth-order valence-electron chi connectivity index (χ4n) is 2.23. The molecular formula is C19H26N2OS2. The first-order valence-electron chi connectivity index (χ1n) is 8.23. The van der Waals surface area contributed by atoms with Crippen LogP contribution in [-0.2, 0) is 6.54 Å². The van der Waals surface area contributed by atoms with E-state index in [2.05, 4.69) is 49.7 Å². The van der Waals surface area contributed by atoms with Gasteiger partial charge in [-0.2, -0.15) is 0 Å². The Labute approximate surface area is 153 Å². The van der Waals surface area contributed by atoms with Gasteiger partial charge in [-0.15, -0.1) is 23.1 Å². The number of benzene rings is 1. The second-order valence-electron chi connectivity index (χ2n) is 6.13. The molecule has 0 fully saturated rings. The van der Waals surface area contributed by atoms with Crippen LogP contribution in [0.4, 0.5) is 10.5 Å². The lowest BCUT2D eigenvalue weighted by molar-refractivity contribution is 0.221. The van der Waals surface area contributed by atoms with Gasteiger partial charge < -0.3 is 10.2 Å². The minimum atomic E-state index is -0.0757. The van der Waals surface area contributed by atoms with Gasteiger partial charge in [-0.25, -0.2) is 4.79 Å². The molecule has 2 amide bonds. The Hall–Kier alpha value is -1.46. The molecule has 2 rings (SSSR count). The van der Waals surface area contributed by atoms with E-state index in [0.717, 1.165) is 17.7 Å². The number of carbonyl (C=O) groups is 1. The molecule has 1 N–H and O–H groups in total. The Morgan fingerprint density at radius 1 is 1.29 bits per heavy atom. The van der Waals surface area contributed by atoms with Crippen molar-refractivity contribution in [3.05, 3.63) is 45.6 Å². The molecule has 130 valence electrons. The zero-order chi connectivity index (χ0) is 17.7. The zero-order valence-electron chi connectivity index (χ0n) is 15.1. The molecule has 1 aromatic carbocycles. The van der Waals surface area contributed by atoms with E-state index in [1.54, 1.807) is 16.2 Å². The van der Waals surface area contributed by atoms with Gasteiger partial charge in [0, 0.05) is 27.8 Å². The highest BCUT2D eigenvalue weighted by Crippen LogP contribution is 2.28. The molecule has 0 spiro atoms. The maximum atomic E-state index is 12.4. The normalized spacial score (nSPS) is 12.0. The van der Waals surface area contributed by atoms with Crippen LogP contribution in [0.5, 0.6) is 0 Å². The Morgan fingerprint density at radius 2 is 2.04 bits per heavy atom. The van der Waals surface area contributed by atoms with Gasteiger partial charge in [-0.05, 0) is 61.0 Å². The number of thioether (sulfide) groups is 1. The summed E-state index contributed by atoms with van der Waals surface area (Å²) in [4.78, 5) is 16.6. The van der Waals surface area contributed by atoms with Crippen molar-refractivity contribution in [3.8, 4) is 0 Å². The first kappa shape index (κ1) is 18.9. The molecule has 1 aromatic heterocycles. The number of nitrogens with one attached hydrogen (secondary N) is 1. The van der Waals surface area contributed by atoms with Crippen LogP contribution < -0.4 is 5.32 Å². The first-order chi connectivity index (χ1) is 11.4. The van der Waals surface area contributed by atoms with E-state index in [-0.39, 0.29) is 6.03 Å². The van der Waals surface area contributed by atoms with Crippen LogP contribution in [0.25, 0.3) is 0 Å². The molecule has 3 nitrogen and oxygen atoms in total. The molecule has 0 saturated heterocycles. The topological polar surface area (TPSA) is 32.3 Å². The highest BCUT2D eigenvalue weighted by atomic mass is 32.2. The second-order valence-corrected chi connectivity index (χ2v) is 8.64. The van der Waals surface area contributed by atoms with Crippen molar-refractivity contribution in [2.75, 3.05) is 12.4 Å². The van der Waals surface area contributed by atoms with Crippen LogP contribution in [-0.4, -0.2) is 23.2 Å². The zero-order valence-corrected chi connectivity index (χ0v) is 16.7. The van der Waals surface area contributed by atoms with E-state index in [0.29, 0.717) is 11.8 Å². The molecule has 0 bridgehead atoms. The van der Waals surface area contributed by atoms with Crippen molar-refractivity contribution in [3.63, 3.8) is 0 Å². The molecule has 2 aromatic rings. The Morgan fingerprint density at radius 3 is 2.62 bits per heavy atom. The summed E-state index contributed by atoms with van der Waals surface area (Å²) in [6, 6.07) is 8.25. The van der Waals surface area contributed by atoms with Gasteiger partial charge >= 0.3 is 6.03 Å². The number of anilines is 1. The molecule has 1 unspecified atom stereocenters. The number of thiophene rings is 1. The quantitative estimate of drug-likeness (QED) is 0.647. The monoisotopic (exact) mass is 362 g/mol. The summed E-state index contributed by atoms with van der Waals surface area (Å²) in [6.45, 7) is 9.19. The standard InChI is InChI=1S/C19H26N2OS2/c1-6-15(4)24-16-7-8-17(14(3)11-16)20-19(22)21(5)12-18-13(2)9-10-23-18/h7-11,15H,6,12H2,1-5H3,(H,20,22). The fourth-order valence-corrected chi connectivity index (χ4v) is 4.21. The summed E-state index contributed by atoms with van der Waals surface area (Å²) < 4.78 is 0. The van der Waals surface area contributed by atoms with E-state index < -0.39 is 0 Å². The van der Waals surface area contributed by atoms with Crippen molar-refractivity contribution in [1.29, 1.82) is 0 Å². The minimum Gasteiger partial charge on any atom is -0.322 e. The van der Waals surface area contributed by atoms with Crippen molar-refractivity contribution in [2.24, 2.45) is 0 Å². The Bertz CT molecular complexity index is 696. The van der Waals surface area contributed by atoms with Crippen molar-refractivity contribution in [2.45, 2.75) is 50.8 Å². The van der Waals surface area contributed by atoms with Crippen LogP contribution in [0.3, 0.4) is 0 Å². The summed E-state index contributed by atoms with van der Waals surface area (Å²) in [7, 11) is 1.83. The highest BCUT2D eigenvalue weighted by Gasteiger charge is 2.13. The molecular weight excluding hydrogens is 336 g/mol. The van der Waals surface area contributed by atoms with Crippen molar-refractivity contribution < 1.29 is 4.79 Å². The van der Waals surface area contributed by atoms with Gasteiger partial charge in [-0.3, -0.25) is 0 Å². The van der Waals surface area contributed by atoms with E-state index >= 15 is 0 Å². The third-order valence-electron chi connectivity index (χ3n) is 4.05. The first-order valence-corrected chi connectivity index (χ1v) is 9.99. The lowest BCUT2D eigenvalue weighted by Crippen LogP contribution is -2.31. The lowest BCUT2D eigenvalue weighted by atomic mass is 10.2. The van der Waals surface area contributed by atoms with E-state index in [1.165, 1.54) is 15.3 Å². The minimum absolute atomic E-state index is 0.0757. The molecule has 0 saturated carbocycles. The molecule has 1 atom stereocenters. The third kappa shape index (κ3) is 5.02. The van der Waals surface area contributed by atoms with Crippen LogP contribution in [0.15, 0.2) is 34.5 Å². The summed E-state index contributed by atoms with van der Waals surface area (Å²) >= 11 is 3.56. The number of urea groups is 1. The van der Waals surface area contributed by atoms with Crippen molar-refractivity contribution >= 4 is 34.8 Å². The van der Waals surface area contributed by atoms with E-state index in [1.807, 2.05) is 31.8 Å². The van der Waals surface area contributed by atoms with E-state index in [4.69, 9.17) is 0 Å². The predicted molar refractivity (Wildman–Crippen MR) is 106 cm³/mol. The molecule has 5 heteroatoms. The number of rotatable bonds is 6. The van der Waals surface area contributed by atoms with Gasteiger partial charge in [0.2, 0.25) is 0 Å². The van der Waals surface area contributed by atoms with Crippen LogP contribution in [0.1, 0.15) is 36.3 Å². The van der Waals surface area contributed by atoms with Crippen LogP contribution in [0.2, 0.25) is 0 Å². The molecule has 0 aliphatic heterocycles. The summed E-state index contributed by atoms with van der Waals surface area (Å²) in [6.07, 6.45) is 1.15. The average molecular weight is 363 g/mol. The highest BCUT2D eigenvalue weighted by molar-refractivity contribution is 7.99. The largest absolute Gasteiger partial charge is 0.322 e. The number of aryl methyl sites for hydroxylation is 2. The molecule has 0 radical (unpaired) electrons. The van der Waals surface area contributed by atoms with Gasteiger partial charge in [0.05, 0.1) is 6.54 Å². The van der Waals surface area contributed by atoms with Gasteiger partial charge in [-0.1, -0.05) is 13.8 Å². The molecule has 1 heterocycles. The van der Waals surface area contributed by atoms with Gasteiger partial charge in [0.25, 0.3) is 0 Å². The van der Waals surface area contributed by atoms with Gasteiger partial charge in [0.1, 0.15) is 0 Å². The number of nitrogens with zero attached hydrogens (tertiary/aromatic N) is 1. The number of carbonyl (C=O) groups excluding carboxylic acids is 1. The predicted octanol–water partition coefficient (Wildman–Crippen LogP) is 5.92. The summed E-state index contributed by atoms with van der Waals surface area (Å²) in [5, 5.41) is 5.68. The lowest BCUT2D eigenvalue weighted by Gasteiger charge is -2.19. The van der Waals surface area contributed by atoms with Gasteiger partial charge in [0.15, 0.2) is 0 Å². The second kappa shape index (κ2) is 8.58. The van der Waals surface area contributed by atoms with Crippen LogP contribution in [0, 0.1) is 13.8 Å². The Kier molecular flexibility index (Phi) is 6.75.